The van der Waals surface area contributed by atoms with E-state index in [2.05, 4.69) is 5.32 Å². The Kier molecular flexibility index (Phi) is 5.49. The van der Waals surface area contributed by atoms with Gasteiger partial charge < -0.3 is 19.9 Å². The van der Waals surface area contributed by atoms with Crippen LogP contribution in [0, 0.1) is 5.92 Å². The molecule has 0 radical (unpaired) electrons. The number of aliphatic hydroxyl groups is 1. The highest BCUT2D eigenvalue weighted by Gasteiger charge is 2.39. The molecule has 0 bridgehead atoms. The lowest BCUT2D eigenvalue weighted by Crippen LogP contribution is -2.48. The van der Waals surface area contributed by atoms with Crippen LogP contribution in [0.1, 0.15) is 59.3 Å². The Morgan fingerprint density at radius 1 is 1.33 bits per heavy atom. The van der Waals surface area contributed by atoms with Crippen LogP contribution in [0.25, 0.3) is 0 Å². The van der Waals surface area contributed by atoms with Gasteiger partial charge in [0.05, 0.1) is 12.6 Å². The van der Waals surface area contributed by atoms with Crippen molar-refractivity contribution >= 4 is 6.09 Å². The first-order valence-electron chi connectivity index (χ1n) is 8.14. The quantitative estimate of drug-likeness (QED) is 0.766. The van der Waals surface area contributed by atoms with Gasteiger partial charge in [-0.05, 0) is 33.1 Å². The molecule has 0 aromatic rings. The van der Waals surface area contributed by atoms with E-state index < -0.39 is 17.8 Å². The average Bonchev–Trinajstić information content (AvgIpc) is 3.20. The van der Waals surface area contributed by atoms with Crippen molar-refractivity contribution in [2.75, 3.05) is 6.61 Å². The lowest BCUT2D eigenvalue weighted by Gasteiger charge is -2.30. The molecule has 2 N–H and O–H groups in total. The van der Waals surface area contributed by atoms with Gasteiger partial charge in [-0.25, -0.2) is 4.79 Å². The third-order valence-electron chi connectivity index (χ3n) is 4.17. The maximum absolute atomic E-state index is 12.0. The highest BCUT2D eigenvalue weighted by Crippen LogP contribution is 2.30. The Bertz CT molecular complexity index is 343. The predicted molar refractivity (Wildman–Crippen MR) is 80.1 cm³/mol. The van der Waals surface area contributed by atoms with Crippen LogP contribution in [0.4, 0.5) is 4.79 Å². The largest absolute Gasteiger partial charge is 0.444 e. The molecule has 1 heterocycles. The molecule has 1 aliphatic carbocycles. The molecule has 2 rings (SSSR count). The highest BCUT2D eigenvalue weighted by atomic mass is 16.6. The molecular formula is C16H29NO4. The van der Waals surface area contributed by atoms with Gasteiger partial charge in [-0.3, -0.25) is 0 Å². The van der Waals surface area contributed by atoms with Crippen LogP contribution in [-0.2, 0) is 9.47 Å². The van der Waals surface area contributed by atoms with E-state index >= 15 is 0 Å². The summed E-state index contributed by atoms with van der Waals surface area (Å²) in [6, 6.07) is -0.282. The van der Waals surface area contributed by atoms with Crippen molar-refractivity contribution < 1.29 is 19.4 Å². The van der Waals surface area contributed by atoms with E-state index in [-0.39, 0.29) is 12.1 Å². The maximum Gasteiger partial charge on any atom is 0.407 e. The number of nitrogens with one attached hydrogen (secondary N) is 1. The Hall–Kier alpha value is -0.810. The summed E-state index contributed by atoms with van der Waals surface area (Å²) < 4.78 is 10.5. The van der Waals surface area contributed by atoms with Crippen LogP contribution in [-0.4, -0.2) is 41.7 Å². The second-order valence-corrected chi connectivity index (χ2v) is 7.35. The molecule has 5 nitrogen and oxygen atoms in total. The first-order chi connectivity index (χ1) is 9.85. The van der Waals surface area contributed by atoms with Crippen LogP contribution in [0.5, 0.6) is 0 Å². The summed E-state index contributed by atoms with van der Waals surface area (Å²) in [6.07, 6.45) is 5.75. The Morgan fingerprint density at radius 2 is 1.95 bits per heavy atom. The van der Waals surface area contributed by atoms with Crippen LogP contribution >= 0.6 is 0 Å². The van der Waals surface area contributed by atoms with Gasteiger partial charge in [0, 0.05) is 0 Å². The monoisotopic (exact) mass is 299 g/mol. The van der Waals surface area contributed by atoms with Gasteiger partial charge >= 0.3 is 6.09 Å². The van der Waals surface area contributed by atoms with E-state index in [9.17, 15) is 9.90 Å². The summed E-state index contributed by atoms with van der Waals surface area (Å²) in [4.78, 5) is 12.0. The number of ether oxygens (including phenoxy) is 2. The second kappa shape index (κ2) is 6.97. The fraction of sp³-hybridized carbons (Fsp3) is 0.938. The van der Waals surface area contributed by atoms with E-state index in [0.29, 0.717) is 12.5 Å². The van der Waals surface area contributed by atoms with Crippen LogP contribution in [0.3, 0.4) is 0 Å². The minimum Gasteiger partial charge on any atom is -0.444 e. The number of alkyl carbamates (subject to hydrolysis) is 1. The van der Waals surface area contributed by atoms with Crippen molar-refractivity contribution in [1.29, 1.82) is 0 Å². The molecule has 5 heteroatoms. The molecule has 122 valence electrons. The number of aliphatic hydroxyl groups excluding tert-OH is 1. The molecule has 2 aliphatic rings. The maximum atomic E-state index is 12.0. The van der Waals surface area contributed by atoms with Gasteiger partial charge in [0.1, 0.15) is 17.8 Å². The zero-order valence-electron chi connectivity index (χ0n) is 13.4. The molecular weight excluding hydrogens is 270 g/mol. The second-order valence-electron chi connectivity index (χ2n) is 7.35. The first kappa shape index (κ1) is 16.6. The number of hydrogen-bond acceptors (Lipinski definition) is 4. The van der Waals surface area contributed by atoms with E-state index in [4.69, 9.17) is 9.47 Å². The SMILES string of the molecule is CC(C)(C)OC(=O)N[C@@H](CC1CCCCC1)[C@@H](O)C1CO1. The van der Waals surface area contributed by atoms with E-state index in [1.807, 2.05) is 20.8 Å². The zero-order valence-corrected chi connectivity index (χ0v) is 13.4. The summed E-state index contributed by atoms with van der Waals surface area (Å²) >= 11 is 0. The lowest BCUT2D eigenvalue weighted by atomic mass is 9.83. The van der Waals surface area contributed by atoms with E-state index in [0.717, 1.165) is 6.42 Å². The minimum atomic E-state index is -0.639. The lowest BCUT2D eigenvalue weighted by molar-refractivity contribution is 0.0347. The molecule has 0 spiro atoms. The Morgan fingerprint density at radius 3 is 2.48 bits per heavy atom. The number of carbonyl (C=O) groups is 1. The molecule has 2 fully saturated rings. The smallest absolute Gasteiger partial charge is 0.407 e. The minimum absolute atomic E-state index is 0.131. The van der Waals surface area contributed by atoms with Crippen molar-refractivity contribution in [3.63, 3.8) is 0 Å². The van der Waals surface area contributed by atoms with Gasteiger partial charge in [0.2, 0.25) is 0 Å². The molecule has 1 saturated carbocycles. The molecule has 21 heavy (non-hydrogen) atoms. The number of amides is 1. The van der Waals surface area contributed by atoms with Crippen molar-refractivity contribution in [1.82, 2.24) is 5.32 Å². The van der Waals surface area contributed by atoms with Crippen molar-refractivity contribution in [3.05, 3.63) is 0 Å². The molecule has 1 saturated heterocycles. The van der Waals surface area contributed by atoms with Gasteiger partial charge in [-0.2, -0.15) is 0 Å². The standard InChI is InChI=1S/C16H29NO4/c1-16(2,3)21-15(19)17-12(14(18)13-10-20-13)9-11-7-5-4-6-8-11/h11-14,18H,4-10H2,1-3H3,(H,17,19)/t12-,13?,14+/m0/s1. The topological polar surface area (TPSA) is 71.1 Å². The van der Waals surface area contributed by atoms with Crippen LogP contribution in [0.2, 0.25) is 0 Å². The summed E-state index contributed by atoms with van der Waals surface area (Å²) in [5.41, 5.74) is -0.527. The molecule has 0 aromatic heterocycles. The van der Waals surface area contributed by atoms with Gasteiger partial charge in [-0.15, -0.1) is 0 Å². The van der Waals surface area contributed by atoms with Crippen molar-refractivity contribution in [3.8, 4) is 0 Å². The number of rotatable bonds is 5. The van der Waals surface area contributed by atoms with Crippen LogP contribution in [0.15, 0.2) is 0 Å². The Balaban J connectivity index is 1.89. The first-order valence-corrected chi connectivity index (χ1v) is 8.14. The van der Waals surface area contributed by atoms with Crippen molar-refractivity contribution in [2.24, 2.45) is 5.92 Å². The molecule has 1 amide bonds. The molecule has 0 aromatic carbocycles. The number of hydrogen-bond donors (Lipinski definition) is 2. The van der Waals surface area contributed by atoms with E-state index in [1.165, 1.54) is 32.1 Å². The molecule has 1 aliphatic heterocycles. The van der Waals surface area contributed by atoms with Gasteiger partial charge in [0.25, 0.3) is 0 Å². The number of epoxide rings is 1. The van der Waals surface area contributed by atoms with Gasteiger partial charge in [0.15, 0.2) is 0 Å². The molecule has 1 unspecified atom stereocenters. The fourth-order valence-corrected chi connectivity index (χ4v) is 3.04. The summed E-state index contributed by atoms with van der Waals surface area (Å²) in [6.45, 7) is 6.09. The summed E-state index contributed by atoms with van der Waals surface area (Å²) in [7, 11) is 0. The van der Waals surface area contributed by atoms with E-state index in [1.54, 1.807) is 0 Å². The average molecular weight is 299 g/mol. The summed E-state index contributed by atoms with van der Waals surface area (Å²) in [5.74, 6) is 0.576. The fourth-order valence-electron chi connectivity index (χ4n) is 3.04. The third kappa shape index (κ3) is 5.83. The van der Waals surface area contributed by atoms with Gasteiger partial charge in [-0.1, -0.05) is 32.1 Å². The Labute approximate surface area is 127 Å². The van der Waals surface area contributed by atoms with Crippen LogP contribution < -0.4 is 5.32 Å². The highest BCUT2D eigenvalue weighted by molar-refractivity contribution is 5.68. The molecule has 3 atom stereocenters. The summed E-state index contributed by atoms with van der Waals surface area (Å²) in [5, 5.41) is 13.2. The predicted octanol–water partition coefficient (Wildman–Crippen LogP) is 2.61. The third-order valence-corrected chi connectivity index (χ3v) is 4.17. The van der Waals surface area contributed by atoms with Crippen molar-refractivity contribution in [2.45, 2.75) is 83.1 Å². The normalized spacial score (nSPS) is 26.0. The zero-order chi connectivity index (χ0) is 15.5. The number of carbonyl (C=O) groups excluding carboxylic acids is 1.